The van der Waals surface area contributed by atoms with Crippen LogP contribution in [0, 0.1) is 0 Å². The molecule has 0 saturated carbocycles. The maximum Gasteiger partial charge on any atom is 0.282 e. The summed E-state index contributed by atoms with van der Waals surface area (Å²) >= 11 is 0. The lowest BCUT2D eigenvalue weighted by molar-refractivity contribution is -1.01. The number of anilines is 1. The number of piperazine rings is 1. The van der Waals surface area contributed by atoms with E-state index < -0.39 is 0 Å². The van der Waals surface area contributed by atoms with Crippen LogP contribution in [0.5, 0.6) is 5.75 Å². The highest BCUT2D eigenvalue weighted by atomic mass is 16.5. The third-order valence-corrected chi connectivity index (χ3v) is 4.20. The van der Waals surface area contributed by atoms with E-state index in [4.69, 9.17) is 4.74 Å². The van der Waals surface area contributed by atoms with Crippen molar-refractivity contribution in [3.05, 3.63) is 24.3 Å². The normalized spacial score (nSPS) is 23.4. The fraction of sp³-hybridized carbons (Fsp3) is 0.562. The molecule has 0 aromatic heterocycles. The Morgan fingerprint density at radius 2 is 1.95 bits per heavy atom. The molecular weight excluding hydrogens is 266 g/mol. The number of carbonyl (C=O) groups is 1. The zero-order valence-corrected chi connectivity index (χ0v) is 13.2. The Kier molecular flexibility index (Phi) is 5.59. The molecule has 0 bridgehead atoms. The van der Waals surface area contributed by atoms with Gasteiger partial charge in [-0.25, -0.2) is 0 Å². The van der Waals surface area contributed by atoms with Gasteiger partial charge < -0.3 is 19.9 Å². The zero-order chi connectivity index (χ0) is 15.2. The number of rotatable bonds is 5. The van der Waals surface area contributed by atoms with E-state index in [1.807, 2.05) is 38.1 Å². The van der Waals surface area contributed by atoms with Crippen molar-refractivity contribution in [2.75, 3.05) is 45.2 Å². The predicted molar refractivity (Wildman–Crippen MR) is 83.0 cm³/mol. The van der Waals surface area contributed by atoms with Crippen LogP contribution in [0.2, 0.25) is 0 Å². The molecule has 0 spiro atoms. The first-order chi connectivity index (χ1) is 10.1. The number of hydrogen-bond acceptors (Lipinski definition) is 2. The van der Waals surface area contributed by atoms with Crippen molar-refractivity contribution in [1.82, 2.24) is 0 Å². The van der Waals surface area contributed by atoms with Crippen LogP contribution in [0.4, 0.5) is 5.69 Å². The molecule has 1 aromatic rings. The van der Waals surface area contributed by atoms with E-state index in [0.29, 0.717) is 6.61 Å². The molecule has 2 rings (SSSR count). The van der Waals surface area contributed by atoms with Crippen molar-refractivity contribution in [3.63, 3.8) is 0 Å². The molecule has 5 nitrogen and oxygen atoms in total. The molecule has 21 heavy (non-hydrogen) atoms. The first kappa shape index (κ1) is 15.8. The standard InChI is InChI=1S/C16H25N3O2/c1-4-21-15-8-6-5-7-14(15)17-16(20)13(2)19-11-9-18(3)10-12-19/h5-8,13H,4,9-12H2,1-3H3,(H,17,20)/p+2/t13-/m1/s1. The maximum absolute atomic E-state index is 12.5. The van der Waals surface area contributed by atoms with Crippen molar-refractivity contribution in [2.24, 2.45) is 0 Å². The van der Waals surface area contributed by atoms with Gasteiger partial charge in [-0.2, -0.15) is 0 Å². The van der Waals surface area contributed by atoms with Crippen LogP contribution in [0.25, 0.3) is 0 Å². The fourth-order valence-electron chi connectivity index (χ4n) is 2.71. The Morgan fingerprint density at radius 1 is 1.29 bits per heavy atom. The largest absolute Gasteiger partial charge is 0.492 e. The van der Waals surface area contributed by atoms with Crippen LogP contribution < -0.4 is 19.9 Å². The molecule has 1 fully saturated rings. The Hall–Kier alpha value is -1.59. The Bertz CT molecular complexity index is 470. The second kappa shape index (κ2) is 7.43. The summed E-state index contributed by atoms with van der Waals surface area (Å²) in [5, 5.41) is 3.01. The van der Waals surface area contributed by atoms with Crippen LogP contribution in [-0.2, 0) is 4.79 Å². The number of carbonyl (C=O) groups excluding carboxylic acids is 1. The van der Waals surface area contributed by atoms with E-state index in [1.54, 1.807) is 4.90 Å². The molecule has 1 aromatic carbocycles. The van der Waals surface area contributed by atoms with Crippen molar-refractivity contribution in [1.29, 1.82) is 0 Å². The molecule has 0 radical (unpaired) electrons. The minimum absolute atomic E-state index is 0.0345. The molecule has 1 amide bonds. The van der Waals surface area contributed by atoms with Gasteiger partial charge in [-0.1, -0.05) is 12.1 Å². The SMILES string of the molecule is CCOc1ccccc1NC(=O)[C@@H](C)[NH+]1CC[NH+](C)CC1. The summed E-state index contributed by atoms with van der Waals surface area (Å²) in [5.41, 5.74) is 0.760. The average molecular weight is 293 g/mol. The molecule has 1 aliphatic heterocycles. The van der Waals surface area contributed by atoms with Gasteiger partial charge in [-0.3, -0.25) is 4.79 Å². The summed E-state index contributed by atoms with van der Waals surface area (Å²) in [4.78, 5) is 15.4. The lowest BCUT2D eigenvalue weighted by Crippen LogP contribution is -3.29. The number of amides is 1. The maximum atomic E-state index is 12.5. The second-order valence-corrected chi connectivity index (χ2v) is 5.76. The molecular formula is C16H27N3O2+2. The van der Waals surface area contributed by atoms with Gasteiger partial charge >= 0.3 is 0 Å². The minimum atomic E-state index is -0.0345. The smallest absolute Gasteiger partial charge is 0.282 e. The van der Waals surface area contributed by atoms with Crippen LogP contribution in [0.15, 0.2) is 24.3 Å². The molecule has 3 N–H and O–H groups in total. The van der Waals surface area contributed by atoms with Crippen LogP contribution in [0.1, 0.15) is 13.8 Å². The average Bonchev–Trinajstić information content (AvgIpc) is 2.49. The molecule has 1 atom stereocenters. The molecule has 116 valence electrons. The molecule has 0 unspecified atom stereocenters. The topological polar surface area (TPSA) is 47.2 Å². The van der Waals surface area contributed by atoms with Gasteiger partial charge in [0.2, 0.25) is 0 Å². The van der Waals surface area contributed by atoms with Crippen molar-refractivity contribution >= 4 is 11.6 Å². The van der Waals surface area contributed by atoms with E-state index in [-0.39, 0.29) is 11.9 Å². The highest BCUT2D eigenvalue weighted by Crippen LogP contribution is 2.23. The Balaban J connectivity index is 1.97. The number of nitrogens with one attached hydrogen (secondary N) is 3. The van der Waals surface area contributed by atoms with Crippen molar-refractivity contribution in [2.45, 2.75) is 19.9 Å². The number of quaternary nitrogens is 2. The van der Waals surface area contributed by atoms with E-state index >= 15 is 0 Å². The summed E-state index contributed by atoms with van der Waals surface area (Å²) in [6.45, 7) is 8.90. The Morgan fingerprint density at radius 3 is 2.62 bits per heavy atom. The van der Waals surface area contributed by atoms with E-state index in [1.165, 1.54) is 4.90 Å². The monoisotopic (exact) mass is 293 g/mol. The van der Waals surface area contributed by atoms with Gasteiger partial charge in [0.1, 0.15) is 31.9 Å². The zero-order valence-electron chi connectivity index (χ0n) is 13.2. The molecule has 1 heterocycles. The summed E-state index contributed by atoms with van der Waals surface area (Å²) in [6.07, 6.45) is 0. The lowest BCUT2D eigenvalue weighted by atomic mass is 10.2. The van der Waals surface area contributed by atoms with Gasteiger partial charge in [0.15, 0.2) is 6.04 Å². The van der Waals surface area contributed by atoms with Gasteiger partial charge in [0.25, 0.3) is 5.91 Å². The fourth-order valence-corrected chi connectivity index (χ4v) is 2.71. The van der Waals surface area contributed by atoms with Crippen LogP contribution in [0.3, 0.4) is 0 Å². The highest BCUT2D eigenvalue weighted by Gasteiger charge is 2.30. The molecule has 1 saturated heterocycles. The van der Waals surface area contributed by atoms with E-state index in [2.05, 4.69) is 12.4 Å². The minimum Gasteiger partial charge on any atom is -0.492 e. The number of hydrogen-bond donors (Lipinski definition) is 3. The van der Waals surface area contributed by atoms with Gasteiger partial charge in [-0.15, -0.1) is 0 Å². The lowest BCUT2D eigenvalue weighted by Gasteiger charge is -2.30. The van der Waals surface area contributed by atoms with Gasteiger partial charge in [-0.05, 0) is 26.0 Å². The first-order valence-electron chi connectivity index (χ1n) is 7.80. The molecule has 5 heteroatoms. The molecule has 0 aliphatic carbocycles. The summed E-state index contributed by atoms with van der Waals surface area (Å²) < 4.78 is 5.55. The van der Waals surface area contributed by atoms with E-state index in [9.17, 15) is 4.79 Å². The number of likely N-dealkylation sites (N-methyl/N-ethyl adjacent to an activating group) is 1. The Labute approximate surface area is 126 Å². The summed E-state index contributed by atoms with van der Waals surface area (Å²) in [7, 11) is 2.21. The van der Waals surface area contributed by atoms with Gasteiger partial charge in [0.05, 0.1) is 19.3 Å². The van der Waals surface area contributed by atoms with Crippen LogP contribution >= 0.6 is 0 Å². The highest BCUT2D eigenvalue weighted by molar-refractivity contribution is 5.94. The summed E-state index contributed by atoms with van der Waals surface area (Å²) in [6, 6.07) is 7.57. The third kappa shape index (κ3) is 4.19. The van der Waals surface area contributed by atoms with Crippen LogP contribution in [-0.4, -0.2) is 51.8 Å². The number of ether oxygens (including phenoxy) is 1. The predicted octanol–water partition coefficient (Wildman–Crippen LogP) is -1.17. The second-order valence-electron chi connectivity index (χ2n) is 5.76. The quantitative estimate of drug-likeness (QED) is 0.640. The third-order valence-electron chi connectivity index (χ3n) is 4.20. The van der Waals surface area contributed by atoms with Crippen molar-refractivity contribution in [3.8, 4) is 5.75 Å². The van der Waals surface area contributed by atoms with Crippen molar-refractivity contribution < 1.29 is 19.3 Å². The van der Waals surface area contributed by atoms with E-state index in [0.717, 1.165) is 37.6 Å². The van der Waals surface area contributed by atoms with Gasteiger partial charge in [0, 0.05) is 0 Å². The number of benzene rings is 1. The molecule has 1 aliphatic rings. The summed E-state index contributed by atoms with van der Waals surface area (Å²) in [5.74, 6) is 0.801. The first-order valence-corrected chi connectivity index (χ1v) is 7.80. The number of para-hydroxylation sites is 2.